The monoisotopic (exact) mass is 261 g/mol. The van der Waals surface area contributed by atoms with Crippen LogP contribution in [0.1, 0.15) is 16.2 Å². The average Bonchev–Trinajstić information content (AvgIpc) is 2.87. The summed E-state index contributed by atoms with van der Waals surface area (Å²) in [5, 5.41) is 8.96. The van der Waals surface area contributed by atoms with E-state index in [-0.39, 0.29) is 12.3 Å². The van der Waals surface area contributed by atoms with Crippen molar-refractivity contribution in [1.29, 1.82) is 5.26 Å². The van der Waals surface area contributed by atoms with Gasteiger partial charge in [-0.1, -0.05) is 42.5 Å². The Balaban J connectivity index is 2.18. The molecule has 2 aromatic carbocycles. The van der Waals surface area contributed by atoms with Gasteiger partial charge in [0.15, 0.2) is 5.82 Å². The second kappa shape index (κ2) is 4.98. The van der Waals surface area contributed by atoms with Gasteiger partial charge in [-0.15, -0.1) is 0 Å². The lowest BCUT2D eigenvalue weighted by atomic mass is 10.1. The van der Waals surface area contributed by atoms with Gasteiger partial charge >= 0.3 is 0 Å². The lowest BCUT2D eigenvalue weighted by molar-refractivity contribution is 0.102. The van der Waals surface area contributed by atoms with Crippen LogP contribution in [-0.2, 0) is 6.54 Å². The molecule has 0 fully saturated rings. The van der Waals surface area contributed by atoms with Crippen molar-refractivity contribution in [1.82, 2.24) is 9.55 Å². The Bertz CT molecular complexity index is 813. The summed E-state index contributed by atoms with van der Waals surface area (Å²) >= 11 is 0. The highest BCUT2D eigenvalue weighted by Gasteiger charge is 2.18. The SMILES string of the molecule is N#CCn1c(C(=O)c2ccccc2)nc2ccccc21. The Kier molecular flexibility index (Phi) is 3.02. The fourth-order valence-corrected chi connectivity index (χ4v) is 2.20. The van der Waals surface area contributed by atoms with Gasteiger partial charge in [-0.05, 0) is 12.1 Å². The van der Waals surface area contributed by atoms with Gasteiger partial charge in [0.05, 0.1) is 17.1 Å². The van der Waals surface area contributed by atoms with Crippen LogP contribution in [0.5, 0.6) is 0 Å². The maximum absolute atomic E-state index is 12.5. The molecule has 3 aromatic rings. The van der Waals surface area contributed by atoms with Gasteiger partial charge in [0.25, 0.3) is 0 Å². The third kappa shape index (κ3) is 1.95. The number of hydrogen-bond acceptors (Lipinski definition) is 3. The highest BCUT2D eigenvalue weighted by molar-refractivity contribution is 6.08. The molecule has 0 aliphatic carbocycles. The van der Waals surface area contributed by atoms with Crippen molar-refractivity contribution in [3.63, 3.8) is 0 Å². The second-order valence-corrected chi connectivity index (χ2v) is 4.36. The van der Waals surface area contributed by atoms with Crippen molar-refractivity contribution >= 4 is 16.8 Å². The molecule has 0 saturated carbocycles. The maximum atomic E-state index is 12.5. The molecule has 0 N–H and O–H groups in total. The van der Waals surface area contributed by atoms with Crippen LogP contribution in [-0.4, -0.2) is 15.3 Å². The standard InChI is InChI=1S/C16H11N3O/c17-10-11-19-14-9-5-4-8-13(14)18-16(19)15(20)12-6-2-1-3-7-12/h1-9H,11H2. The number of carbonyl (C=O) groups excluding carboxylic acids is 1. The van der Waals surface area contributed by atoms with Crippen LogP contribution < -0.4 is 0 Å². The fraction of sp³-hybridized carbons (Fsp3) is 0.0625. The molecule has 0 atom stereocenters. The molecule has 0 bridgehead atoms. The first kappa shape index (κ1) is 12.1. The number of fused-ring (bicyclic) bond motifs is 1. The molecule has 0 aliphatic heterocycles. The van der Waals surface area contributed by atoms with Gasteiger partial charge < -0.3 is 4.57 Å². The van der Waals surface area contributed by atoms with Crippen LogP contribution >= 0.6 is 0 Å². The number of rotatable bonds is 3. The molecule has 1 aromatic heterocycles. The van der Waals surface area contributed by atoms with Crippen molar-refractivity contribution in [2.24, 2.45) is 0 Å². The van der Waals surface area contributed by atoms with Crippen LogP contribution in [0, 0.1) is 11.3 Å². The fourth-order valence-electron chi connectivity index (χ4n) is 2.20. The third-order valence-corrected chi connectivity index (χ3v) is 3.12. The Morgan fingerprint density at radius 3 is 2.55 bits per heavy atom. The average molecular weight is 261 g/mol. The molecular formula is C16H11N3O. The van der Waals surface area contributed by atoms with Crippen LogP contribution in [0.4, 0.5) is 0 Å². The highest BCUT2D eigenvalue weighted by atomic mass is 16.1. The lowest BCUT2D eigenvalue weighted by Crippen LogP contribution is -2.11. The molecule has 4 heteroatoms. The summed E-state index contributed by atoms with van der Waals surface area (Å²) in [5.74, 6) is 0.135. The Labute approximate surface area is 115 Å². The largest absolute Gasteiger partial charge is 0.307 e. The molecule has 20 heavy (non-hydrogen) atoms. The molecule has 3 rings (SSSR count). The number of para-hydroxylation sites is 2. The van der Waals surface area contributed by atoms with E-state index in [4.69, 9.17) is 5.26 Å². The van der Waals surface area contributed by atoms with Gasteiger partial charge in [0.2, 0.25) is 5.78 Å². The Morgan fingerprint density at radius 1 is 1.10 bits per heavy atom. The summed E-state index contributed by atoms with van der Waals surface area (Å²) < 4.78 is 1.66. The molecular weight excluding hydrogens is 250 g/mol. The molecule has 0 spiro atoms. The van der Waals surface area contributed by atoms with E-state index in [1.807, 2.05) is 42.5 Å². The summed E-state index contributed by atoms with van der Waals surface area (Å²) in [6, 6.07) is 18.5. The zero-order chi connectivity index (χ0) is 13.9. The number of aromatic nitrogens is 2. The van der Waals surface area contributed by atoms with Gasteiger partial charge in [-0.25, -0.2) is 4.98 Å². The minimum atomic E-state index is -0.169. The molecule has 0 aliphatic rings. The van der Waals surface area contributed by atoms with E-state index >= 15 is 0 Å². The number of nitrogens with zero attached hydrogens (tertiary/aromatic N) is 3. The van der Waals surface area contributed by atoms with Crippen molar-refractivity contribution in [2.45, 2.75) is 6.54 Å². The molecule has 0 saturated heterocycles. The first-order valence-corrected chi connectivity index (χ1v) is 6.23. The van der Waals surface area contributed by atoms with E-state index in [2.05, 4.69) is 11.1 Å². The predicted octanol–water partition coefficient (Wildman–Crippen LogP) is 2.79. The van der Waals surface area contributed by atoms with E-state index in [1.165, 1.54) is 0 Å². The molecule has 96 valence electrons. The summed E-state index contributed by atoms with van der Waals surface area (Å²) in [5.41, 5.74) is 2.09. The zero-order valence-corrected chi connectivity index (χ0v) is 10.7. The van der Waals surface area contributed by atoms with Gasteiger partial charge in [0.1, 0.15) is 6.54 Å². The number of ketones is 1. The maximum Gasteiger partial charge on any atom is 0.228 e. The van der Waals surface area contributed by atoms with Crippen molar-refractivity contribution in [3.05, 3.63) is 66.0 Å². The molecule has 1 heterocycles. The van der Waals surface area contributed by atoms with E-state index in [0.717, 1.165) is 11.0 Å². The first-order valence-electron chi connectivity index (χ1n) is 6.23. The quantitative estimate of drug-likeness (QED) is 0.681. The van der Waals surface area contributed by atoms with Crippen molar-refractivity contribution < 1.29 is 4.79 Å². The number of imidazole rings is 1. The number of carbonyl (C=O) groups is 1. The van der Waals surface area contributed by atoms with Crippen molar-refractivity contribution in [3.8, 4) is 6.07 Å². The summed E-state index contributed by atoms with van der Waals surface area (Å²) in [4.78, 5) is 16.9. The van der Waals surface area contributed by atoms with Gasteiger partial charge in [-0.3, -0.25) is 4.79 Å². The second-order valence-electron chi connectivity index (χ2n) is 4.36. The number of benzene rings is 2. The summed E-state index contributed by atoms with van der Waals surface area (Å²) in [6.07, 6.45) is 0. The van der Waals surface area contributed by atoms with E-state index in [0.29, 0.717) is 11.4 Å². The van der Waals surface area contributed by atoms with E-state index in [9.17, 15) is 4.79 Å². The van der Waals surface area contributed by atoms with Crippen LogP contribution in [0.3, 0.4) is 0 Å². The van der Waals surface area contributed by atoms with Crippen LogP contribution in [0.2, 0.25) is 0 Å². The molecule has 0 radical (unpaired) electrons. The normalized spacial score (nSPS) is 10.3. The zero-order valence-electron chi connectivity index (χ0n) is 10.7. The van der Waals surface area contributed by atoms with Crippen molar-refractivity contribution in [2.75, 3.05) is 0 Å². The minimum absolute atomic E-state index is 0.106. The van der Waals surface area contributed by atoms with E-state index in [1.54, 1.807) is 16.7 Å². The highest BCUT2D eigenvalue weighted by Crippen LogP contribution is 2.18. The molecule has 0 amide bonds. The first-order chi connectivity index (χ1) is 9.81. The topological polar surface area (TPSA) is 58.7 Å². The van der Waals surface area contributed by atoms with Crippen LogP contribution in [0.15, 0.2) is 54.6 Å². The van der Waals surface area contributed by atoms with Gasteiger partial charge in [0, 0.05) is 5.56 Å². The lowest BCUT2D eigenvalue weighted by Gasteiger charge is -2.03. The summed E-state index contributed by atoms with van der Waals surface area (Å²) in [7, 11) is 0. The third-order valence-electron chi connectivity index (χ3n) is 3.12. The smallest absolute Gasteiger partial charge is 0.228 e. The number of nitriles is 1. The number of hydrogen-bond donors (Lipinski definition) is 0. The molecule has 0 unspecified atom stereocenters. The predicted molar refractivity (Wildman–Crippen MR) is 75.2 cm³/mol. The Hall–Kier alpha value is -2.93. The molecule has 4 nitrogen and oxygen atoms in total. The minimum Gasteiger partial charge on any atom is -0.307 e. The van der Waals surface area contributed by atoms with Gasteiger partial charge in [-0.2, -0.15) is 5.26 Å². The summed E-state index contributed by atoms with van der Waals surface area (Å²) in [6.45, 7) is 0.106. The van der Waals surface area contributed by atoms with Crippen LogP contribution in [0.25, 0.3) is 11.0 Å². The Morgan fingerprint density at radius 2 is 1.80 bits per heavy atom. The van der Waals surface area contributed by atoms with E-state index < -0.39 is 0 Å².